The zero-order valence-corrected chi connectivity index (χ0v) is 24.9. The molecule has 5 rings (SSSR count). The van der Waals surface area contributed by atoms with Crippen molar-refractivity contribution >= 4 is 39.3 Å². The van der Waals surface area contributed by atoms with Crippen molar-refractivity contribution in [2.24, 2.45) is 0 Å². The number of nitrogens with zero attached hydrogens (tertiary/aromatic N) is 4. The Kier molecular flexibility index (Phi) is 8.80. The molecule has 214 valence electrons. The minimum Gasteiger partial charge on any atom is -0.325 e. The fraction of sp³-hybridized carbons (Fsp3) is 0.0938. The lowest BCUT2D eigenvalue weighted by atomic mass is 9.99. The highest BCUT2D eigenvalue weighted by atomic mass is 32.2. The van der Waals surface area contributed by atoms with Crippen LogP contribution in [0.2, 0.25) is 0 Å². The van der Waals surface area contributed by atoms with Crippen molar-refractivity contribution in [3.05, 3.63) is 114 Å². The Bertz CT molecular complexity index is 1910. The number of sulfonamides is 1. The van der Waals surface area contributed by atoms with Gasteiger partial charge < -0.3 is 5.32 Å². The van der Waals surface area contributed by atoms with Crippen molar-refractivity contribution in [1.29, 1.82) is 5.26 Å². The Hall–Kier alpha value is -5.05. The summed E-state index contributed by atoms with van der Waals surface area (Å²) in [4.78, 5) is 25.9. The van der Waals surface area contributed by atoms with E-state index in [9.17, 15) is 18.5 Å². The maximum Gasteiger partial charge on any atom is 0.264 e. The lowest BCUT2D eigenvalue weighted by molar-refractivity contribution is -0.113. The SMILES string of the molecule is Cc1cc(C)nc(NS(=O)(=O)c2ccc(NC(=O)CSc3nc(-c4ccccc4)cc(-c4ccccc4)c3C#N)cc2)n1. The van der Waals surface area contributed by atoms with E-state index in [-0.39, 0.29) is 22.5 Å². The Morgan fingerprint density at radius 3 is 2.05 bits per heavy atom. The molecule has 2 heterocycles. The lowest BCUT2D eigenvalue weighted by Gasteiger charge is -2.13. The van der Waals surface area contributed by atoms with E-state index in [0.29, 0.717) is 33.4 Å². The van der Waals surface area contributed by atoms with Crippen LogP contribution in [0.15, 0.2) is 107 Å². The number of aryl methyl sites for hydroxylation is 2. The number of amides is 1. The van der Waals surface area contributed by atoms with Crippen molar-refractivity contribution in [3.8, 4) is 28.5 Å². The zero-order valence-electron chi connectivity index (χ0n) is 23.3. The molecule has 0 atom stereocenters. The predicted molar refractivity (Wildman–Crippen MR) is 168 cm³/mol. The van der Waals surface area contributed by atoms with Crippen LogP contribution in [0.1, 0.15) is 17.0 Å². The van der Waals surface area contributed by atoms with Crippen LogP contribution in [-0.4, -0.2) is 35.0 Å². The zero-order chi connectivity index (χ0) is 30.4. The summed E-state index contributed by atoms with van der Waals surface area (Å²) >= 11 is 1.16. The molecule has 0 unspecified atom stereocenters. The third-order valence-corrected chi connectivity index (χ3v) is 8.57. The third kappa shape index (κ3) is 7.24. The summed E-state index contributed by atoms with van der Waals surface area (Å²) in [6, 6.07) is 30.9. The van der Waals surface area contributed by atoms with Crippen molar-refractivity contribution < 1.29 is 13.2 Å². The molecule has 0 aliphatic rings. The number of rotatable bonds is 9. The van der Waals surface area contributed by atoms with Gasteiger partial charge >= 0.3 is 0 Å². The number of nitrogens with one attached hydrogen (secondary N) is 2. The molecule has 0 aliphatic carbocycles. The molecule has 43 heavy (non-hydrogen) atoms. The molecule has 0 bridgehead atoms. The number of hydrogen-bond acceptors (Lipinski definition) is 8. The fourth-order valence-corrected chi connectivity index (χ4v) is 6.08. The number of nitriles is 1. The minimum absolute atomic E-state index is 0.00309. The van der Waals surface area contributed by atoms with Gasteiger partial charge in [0.2, 0.25) is 11.9 Å². The van der Waals surface area contributed by atoms with E-state index in [0.717, 1.165) is 28.5 Å². The van der Waals surface area contributed by atoms with Gasteiger partial charge in [0.05, 0.1) is 21.9 Å². The molecular formula is C32H26N6O3S2. The van der Waals surface area contributed by atoms with E-state index in [4.69, 9.17) is 4.98 Å². The molecule has 9 nitrogen and oxygen atoms in total. The van der Waals surface area contributed by atoms with Gasteiger partial charge in [-0.15, -0.1) is 0 Å². The highest BCUT2D eigenvalue weighted by Crippen LogP contribution is 2.34. The monoisotopic (exact) mass is 606 g/mol. The number of benzene rings is 3. The van der Waals surface area contributed by atoms with Crippen molar-refractivity contribution in [1.82, 2.24) is 15.0 Å². The normalized spacial score (nSPS) is 11.0. The second-order valence-electron chi connectivity index (χ2n) is 9.52. The first-order valence-electron chi connectivity index (χ1n) is 13.2. The number of thioether (sulfide) groups is 1. The fourth-order valence-electron chi connectivity index (χ4n) is 4.34. The number of carbonyl (C=O) groups is 1. The summed E-state index contributed by atoms with van der Waals surface area (Å²) in [6.07, 6.45) is 0. The standard InChI is InChI=1S/C32H26N6O3S2/c1-21-17-22(2)35-32(34-21)38-43(40,41)26-15-13-25(14-16-26)36-30(39)20-42-31-28(19-33)27(23-9-5-3-6-10-23)18-29(37-31)24-11-7-4-8-12-24/h3-18H,20H2,1-2H3,(H,36,39)(H,34,35,38). The van der Waals surface area contributed by atoms with Gasteiger partial charge in [0.25, 0.3) is 10.0 Å². The van der Waals surface area contributed by atoms with Gasteiger partial charge in [-0.3, -0.25) is 4.79 Å². The predicted octanol–water partition coefficient (Wildman–Crippen LogP) is 6.23. The van der Waals surface area contributed by atoms with Gasteiger partial charge in [-0.25, -0.2) is 28.1 Å². The van der Waals surface area contributed by atoms with Gasteiger partial charge in [-0.05, 0) is 55.8 Å². The van der Waals surface area contributed by atoms with Crippen LogP contribution in [0.3, 0.4) is 0 Å². The Labute approximate surface area is 254 Å². The minimum atomic E-state index is -3.93. The molecule has 0 radical (unpaired) electrons. The average Bonchev–Trinajstić information content (AvgIpc) is 3.00. The van der Waals surface area contributed by atoms with E-state index in [2.05, 4.69) is 26.1 Å². The lowest BCUT2D eigenvalue weighted by Crippen LogP contribution is -2.16. The molecule has 0 aliphatic heterocycles. The van der Waals surface area contributed by atoms with E-state index in [1.54, 1.807) is 19.9 Å². The van der Waals surface area contributed by atoms with Crippen LogP contribution in [-0.2, 0) is 14.8 Å². The van der Waals surface area contributed by atoms with Crippen molar-refractivity contribution in [3.63, 3.8) is 0 Å². The number of hydrogen-bond donors (Lipinski definition) is 2. The summed E-state index contributed by atoms with van der Waals surface area (Å²) in [7, 11) is -3.93. The molecule has 0 saturated carbocycles. The second kappa shape index (κ2) is 12.9. The summed E-state index contributed by atoms with van der Waals surface area (Å²) < 4.78 is 28.0. The molecule has 5 aromatic rings. The van der Waals surface area contributed by atoms with Gasteiger partial charge in [-0.1, -0.05) is 72.4 Å². The number of aromatic nitrogens is 3. The molecule has 1 amide bonds. The van der Waals surface area contributed by atoms with Gasteiger partial charge in [0, 0.05) is 28.2 Å². The number of pyridine rings is 1. The van der Waals surface area contributed by atoms with Crippen molar-refractivity contribution in [2.45, 2.75) is 23.8 Å². The average molecular weight is 607 g/mol. The summed E-state index contributed by atoms with van der Waals surface area (Å²) in [5.41, 5.74) is 5.28. The first kappa shape index (κ1) is 29.4. The van der Waals surface area contributed by atoms with Crippen LogP contribution in [0.4, 0.5) is 11.6 Å². The van der Waals surface area contributed by atoms with E-state index in [1.165, 1.54) is 24.3 Å². The molecule has 2 aromatic heterocycles. The van der Waals surface area contributed by atoms with Gasteiger partial charge in [0.1, 0.15) is 11.1 Å². The number of carbonyl (C=O) groups excluding carboxylic acids is 1. The Morgan fingerprint density at radius 2 is 1.44 bits per heavy atom. The smallest absolute Gasteiger partial charge is 0.264 e. The van der Waals surface area contributed by atoms with Gasteiger partial charge in [0.15, 0.2) is 0 Å². The highest BCUT2D eigenvalue weighted by Gasteiger charge is 2.18. The Morgan fingerprint density at radius 1 is 0.837 bits per heavy atom. The molecule has 0 saturated heterocycles. The molecule has 3 aromatic carbocycles. The number of anilines is 2. The third-order valence-electron chi connectivity index (χ3n) is 6.25. The molecule has 11 heteroatoms. The van der Waals surface area contributed by atoms with E-state index < -0.39 is 10.0 Å². The van der Waals surface area contributed by atoms with Crippen LogP contribution < -0.4 is 10.0 Å². The van der Waals surface area contributed by atoms with Crippen LogP contribution in [0.5, 0.6) is 0 Å². The van der Waals surface area contributed by atoms with Gasteiger partial charge in [-0.2, -0.15) is 5.26 Å². The first-order valence-corrected chi connectivity index (χ1v) is 15.6. The Balaban J connectivity index is 1.32. The molecule has 0 spiro atoms. The topological polar surface area (TPSA) is 138 Å². The van der Waals surface area contributed by atoms with E-state index in [1.807, 2.05) is 66.7 Å². The van der Waals surface area contributed by atoms with Crippen LogP contribution in [0.25, 0.3) is 22.4 Å². The molecule has 2 N–H and O–H groups in total. The summed E-state index contributed by atoms with van der Waals surface area (Å²) in [5.74, 6) is -0.358. The molecule has 0 fully saturated rings. The van der Waals surface area contributed by atoms with Crippen LogP contribution in [0, 0.1) is 25.2 Å². The van der Waals surface area contributed by atoms with Crippen LogP contribution >= 0.6 is 11.8 Å². The second-order valence-corrected chi connectivity index (χ2v) is 12.2. The highest BCUT2D eigenvalue weighted by molar-refractivity contribution is 8.00. The summed E-state index contributed by atoms with van der Waals surface area (Å²) in [5, 5.41) is 13.3. The first-order chi connectivity index (χ1) is 20.7. The van der Waals surface area contributed by atoms with Crippen molar-refractivity contribution in [2.75, 3.05) is 15.8 Å². The van der Waals surface area contributed by atoms with E-state index >= 15 is 0 Å². The molecular weight excluding hydrogens is 581 g/mol. The quantitative estimate of drug-likeness (QED) is 0.189. The maximum atomic E-state index is 12.9. The summed E-state index contributed by atoms with van der Waals surface area (Å²) in [6.45, 7) is 3.50. The largest absolute Gasteiger partial charge is 0.325 e. The maximum absolute atomic E-state index is 12.9.